The minimum atomic E-state index is 0. The van der Waals surface area contributed by atoms with E-state index in [0.29, 0.717) is 12.0 Å². The molecular weight excluding hydrogens is 262 g/mol. The summed E-state index contributed by atoms with van der Waals surface area (Å²) in [6.45, 7) is 1.88. The number of halogens is 1. The fourth-order valence-electron chi connectivity index (χ4n) is 2.65. The van der Waals surface area contributed by atoms with Crippen LogP contribution >= 0.6 is 12.4 Å². The molecule has 0 radical (unpaired) electrons. The highest BCUT2D eigenvalue weighted by molar-refractivity contribution is 5.85. The van der Waals surface area contributed by atoms with Gasteiger partial charge in [0.25, 0.3) is 0 Å². The molecule has 3 rings (SSSR count). The van der Waals surface area contributed by atoms with Crippen LogP contribution in [0.15, 0.2) is 12.4 Å². The quantitative estimate of drug-likeness (QED) is 0.905. The first kappa shape index (κ1) is 14.7. The van der Waals surface area contributed by atoms with Gasteiger partial charge in [0.15, 0.2) is 5.75 Å². The van der Waals surface area contributed by atoms with Gasteiger partial charge < -0.3 is 10.5 Å². The molecule has 0 aromatic carbocycles. The van der Waals surface area contributed by atoms with Crippen LogP contribution in [0.1, 0.15) is 38.5 Å². The van der Waals surface area contributed by atoms with Crippen LogP contribution in [-0.2, 0) is 6.54 Å². The highest BCUT2D eigenvalue weighted by Gasteiger charge is 2.22. The second-order valence-corrected chi connectivity index (χ2v) is 5.93. The second kappa shape index (κ2) is 6.62. The molecule has 1 aromatic rings. The molecular formula is C14H24ClN3O. The van der Waals surface area contributed by atoms with Crippen molar-refractivity contribution < 1.29 is 4.74 Å². The Morgan fingerprint density at radius 2 is 1.84 bits per heavy atom. The topological polar surface area (TPSA) is 53.1 Å². The van der Waals surface area contributed by atoms with Crippen molar-refractivity contribution in [1.82, 2.24) is 9.78 Å². The van der Waals surface area contributed by atoms with E-state index >= 15 is 0 Å². The molecule has 0 saturated heterocycles. The summed E-state index contributed by atoms with van der Waals surface area (Å²) in [5, 5.41) is 4.34. The average molecular weight is 286 g/mol. The summed E-state index contributed by atoms with van der Waals surface area (Å²) in [7, 11) is 0. The van der Waals surface area contributed by atoms with E-state index in [-0.39, 0.29) is 12.4 Å². The van der Waals surface area contributed by atoms with E-state index in [2.05, 4.69) is 5.10 Å². The zero-order valence-electron chi connectivity index (χ0n) is 11.3. The molecule has 1 aromatic heterocycles. The minimum Gasteiger partial charge on any atom is -0.490 e. The maximum atomic E-state index is 5.91. The molecule has 0 bridgehead atoms. The van der Waals surface area contributed by atoms with Crippen molar-refractivity contribution >= 4 is 12.4 Å². The maximum absolute atomic E-state index is 5.91. The average Bonchev–Trinajstić information content (AvgIpc) is 3.07. The standard InChI is InChI=1S/C14H23N3O.ClH/c15-13-5-3-12(4-6-13)10-18-14-7-16-17(9-14)8-11-1-2-11;/h7,9,11-13H,1-6,8,10,15H2;1H. The monoisotopic (exact) mass is 285 g/mol. The van der Waals surface area contributed by atoms with Crippen molar-refractivity contribution in [3.05, 3.63) is 12.4 Å². The lowest BCUT2D eigenvalue weighted by Gasteiger charge is -2.25. The minimum absolute atomic E-state index is 0. The van der Waals surface area contributed by atoms with Crippen molar-refractivity contribution in [2.24, 2.45) is 17.6 Å². The molecule has 2 fully saturated rings. The molecule has 0 spiro atoms. The first-order valence-corrected chi connectivity index (χ1v) is 7.20. The van der Waals surface area contributed by atoms with Gasteiger partial charge in [-0.15, -0.1) is 12.4 Å². The lowest BCUT2D eigenvalue weighted by molar-refractivity contribution is 0.200. The Morgan fingerprint density at radius 3 is 2.53 bits per heavy atom. The van der Waals surface area contributed by atoms with Gasteiger partial charge in [-0.1, -0.05) is 0 Å². The van der Waals surface area contributed by atoms with Gasteiger partial charge in [0.05, 0.1) is 19.0 Å². The molecule has 4 nitrogen and oxygen atoms in total. The van der Waals surface area contributed by atoms with Crippen molar-refractivity contribution in [2.75, 3.05) is 6.61 Å². The van der Waals surface area contributed by atoms with Crippen molar-refractivity contribution in [3.63, 3.8) is 0 Å². The zero-order valence-corrected chi connectivity index (χ0v) is 12.1. The van der Waals surface area contributed by atoms with Crippen molar-refractivity contribution in [2.45, 2.75) is 51.1 Å². The molecule has 2 aliphatic carbocycles. The van der Waals surface area contributed by atoms with Crippen LogP contribution < -0.4 is 10.5 Å². The third kappa shape index (κ3) is 4.39. The number of hydrogen-bond donors (Lipinski definition) is 1. The van der Waals surface area contributed by atoms with E-state index in [0.717, 1.165) is 37.7 Å². The molecule has 19 heavy (non-hydrogen) atoms. The van der Waals surface area contributed by atoms with Crippen molar-refractivity contribution in [3.8, 4) is 5.75 Å². The Balaban J connectivity index is 0.00000133. The molecule has 0 aliphatic heterocycles. The number of aromatic nitrogens is 2. The third-order valence-electron chi connectivity index (χ3n) is 4.13. The molecule has 0 amide bonds. The summed E-state index contributed by atoms with van der Waals surface area (Å²) in [5.41, 5.74) is 5.91. The molecule has 0 atom stereocenters. The fourth-order valence-corrected chi connectivity index (χ4v) is 2.65. The van der Waals surface area contributed by atoms with Gasteiger partial charge in [0.2, 0.25) is 0 Å². The number of nitrogens with zero attached hydrogens (tertiary/aromatic N) is 2. The Morgan fingerprint density at radius 1 is 1.16 bits per heavy atom. The van der Waals surface area contributed by atoms with Gasteiger partial charge in [-0.2, -0.15) is 5.10 Å². The molecule has 108 valence electrons. The molecule has 2 saturated carbocycles. The smallest absolute Gasteiger partial charge is 0.157 e. The largest absolute Gasteiger partial charge is 0.490 e. The van der Waals surface area contributed by atoms with E-state index < -0.39 is 0 Å². The summed E-state index contributed by atoms with van der Waals surface area (Å²) in [6, 6.07) is 0.419. The summed E-state index contributed by atoms with van der Waals surface area (Å²) in [4.78, 5) is 0. The number of ether oxygens (including phenoxy) is 1. The first-order valence-electron chi connectivity index (χ1n) is 7.20. The molecule has 2 N–H and O–H groups in total. The van der Waals surface area contributed by atoms with Gasteiger partial charge in [0.1, 0.15) is 0 Å². The predicted molar refractivity (Wildman–Crippen MR) is 77.6 cm³/mol. The number of rotatable bonds is 5. The van der Waals surface area contributed by atoms with E-state index in [1.54, 1.807) is 0 Å². The highest BCUT2D eigenvalue weighted by atomic mass is 35.5. The Kier molecular flexibility index (Phi) is 5.11. The summed E-state index contributed by atoms with van der Waals surface area (Å²) in [6.07, 6.45) is 11.3. The first-order chi connectivity index (χ1) is 8.79. The normalized spacial score (nSPS) is 26.8. The van der Waals surface area contributed by atoms with E-state index in [1.165, 1.54) is 25.7 Å². The summed E-state index contributed by atoms with van der Waals surface area (Å²) >= 11 is 0. The van der Waals surface area contributed by atoms with E-state index in [4.69, 9.17) is 10.5 Å². The van der Waals surface area contributed by atoms with Gasteiger partial charge in [0, 0.05) is 12.6 Å². The highest BCUT2D eigenvalue weighted by Crippen LogP contribution is 2.30. The SMILES string of the molecule is Cl.NC1CCC(COc2cnn(CC3CC3)c2)CC1. The molecule has 0 unspecified atom stereocenters. The van der Waals surface area contributed by atoms with Crippen LogP contribution in [0.2, 0.25) is 0 Å². The second-order valence-electron chi connectivity index (χ2n) is 5.93. The van der Waals surface area contributed by atoms with Crippen LogP contribution in [0.3, 0.4) is 0 Å². The Hall–Kier alpha value is -0.740. The maximum Gasteiger partial charge on any atom is 0.157 e. The summed E-state index contributed by atoms with van der Waals surface area (Å²) in [5.74, 6) is 2.46. The lowest BCUT2D eigenvalue weighted by Crippen LogP contribution is -2.28. The fraction of sp³-hybridized carbons (Fsp3) is 0.786. The van der Waals surface area contributed by atoms with E-state index in [1.807, 2.05) is 17.1 Å². The lowest BCUT2D eigenvalue weighted by atomic mass is 9.87. The summed E-state index contributed by atoms with van der Waals surface area (Å²) < 4.78 is 7.86. The molecule has 1 heterocycles. The third-order valence-corrected chi connectivity index (χ3v) is 4.13. The van der Waals surface area contributed by atoms with Crippen LogP contribution in [-0.4, -0.2) is 22.4 Å². The van der Waals surface area contributed by atoms with Gasteiger partial charge >= 0.3 is 0 Å². The predicted octanol–water partition coefficient (Wildman–Crippen LogP) is 2.61. The van der Waals surface area contributed by atoms with Crippen LogP contribution in [0.5, 0.6) is 5.75 Å². The van der Waals surface area contributed by atoms with Crippen LogP contribution in [0, 0.1) is 11.8 Å². The Labute approximate surface area is 121 Å². The Bertz CT molecular complexity index is 384. The number of nitrogens with two attached hydrogens (primary N) is 1. The number of hydrogen-bond acceptors (Lipinski definition) is 3. The van der Waals surface area contributed by atoms with E-state index in [9.17, 15) is 0 Å². The van der Waals surface area contributed by atoms with Gasteiger partial charge in [-0.25, -0.2) is 0 Å². The molecule has 5 heteroatoms. The zero-order chi connectivity index (χ0) is 12.4. The van der Waals surface area contributed by atoms with Gasteiger partial charge in [-0.3, -0.25) is 4.68 Å². The van der Waals surface area contributed by atoms with Crippen LogP contribution in [0.25, 0.3) is 0 Å². The van der Waals surface area contributed by atoms with Crippen LogP contribution in [0.4, 0.5) is 0 Å². The van der Waals surface area contributed by atoms with Gasteiger partial charge in [-0.05, 0) is 50.4 Å². The van der Waals surface area contributed by atoms with Crippen molar-refractivity contribution in [1.29, 1.82) is 0 Å². The molecule has 2 aliphatic rings.